The molecular weight excluding hydrogens is 391 g/mol. The van der Waals surface area contributed by atoms with E-state index in [9.17, 15) is 14.0 Å². The number of alkyl carbamates (subject to hydrolysis) is 1. The number of hydrazine groups is 1. The van der Waals surface area contributed by atoms with Crippen LogP contribution in [-0.2, 0) is 14.9 Å². The number of amides is 2. The van der Waals surface area contributed by atoms with Gasteiger partial charge in [-0.1, -0.05) is 30.3 Å². The quantitative estimate of drug-likeness (QED) is 0.704. The topological polar surface area (TPSA) is 99.7 Å². The van der Waals surface area contributed by atoms with Crippen molar-refractivity contribution in [3.05, 3.63) is 54.5 Å². The second-order valence-corrected chi connectivity index (χ2v) is 7.43. The predicted octanol–water partition coefficient (Wildman–Crippen LogP) is 0.992. The van der Waals surface area contributed by atoms with Gasteiger partial charge in [-0.2, -0.15) is 0 Å². The number of nitrogens with one attached hydrogen (secondary N) is 2. The van der Waals surface area contributed by atoms with E-state index in [1.165, 1.54) is 11.2 Å². The van der Waals surface area contributed by atoms with Gasteiger partial charge in [-0.05, 0) is 18.6 Å². The molecule has 1 aromatic heterocycles. The van der Waals surface area contributed by atoms with Crippen molar-refractivity contribution in [2.75, 3.05) is 31.1 Å². The van der Waals surface area contributed by atoms with Gasteiger partial charge in [0, 0.05) is 19.3 Å². The number of aromatic nitrogens is 2. The lowest BCUT2D eigenvalue weighted by molar-refractivity contribution is -0.135. The summed E-state index contributed by atoms with van der Waals surface area (Å²) < 4.78 is 20.2. The van der Waals surface area contributed by atoms with E-state index in [1.54, 1.807) is 24.2 Å². The van der Waals surface area contributed by atoms with Crippen LogP contribution in [0.3, 0.4) is 0 Å². The Kier molecular flexibility index (Phi) is 5.49. The third kappa shape index (κ3) is 3.78. The minimum Gasteiger partial charge on any atom is -0.443 e. The van der Waals surface area contributed by atoms with Crippen LogP contribution in [-0.4, -0.2) is 65.6 Å². The second kappa shape index (κ2) is 8.23. The first-order valence-corrected chi connectivity index (χ1v) is 9.71. The number of piperazine rings is 1. The Labute approximate surface area is 173 Å². The summed E-state index contributed by atoms with van der Waals surface area (Å²) in [7, 11) is 0. The summed E-state index contributed by atoms with van der Waals surface area (Å²) >= 11 is 0. The zero-order valence-electron chi connectivity index (χ0n) is 16.5. The van der Waals surface area contributed by atoms with Gasteiger partial charge in [-0.15, -0.1) is 0 Å². The van der Waals surface area contributed by atoms with E-state index in [0.29, 0.717) is 24.5 Å². The van der Waals surface area contributed by atoms with Gasteiger partial charge in [-0.3, -0.25) is 10.2 Å². The molecule has 10 heteroatoms. The molecule has 2 aliphatic heterocycles. The summed E-state index contributed by atoms with van der Waals surface area (Å²) in [5.41, 5.74) is 2.39. The lowest BCUT2D eigenvalue weighted by Crippen LogP contribution is -2.61. The monoisotopic (exact) mass is 414 g/mol. The molecule has 3 unspecified atom stereocenters. The lowest BCUT2D eigenvalue weighted by atomic mass is 9.76. The van der Waals surface area contributed by atoms with Gasteiger partial charge in [0.2, 0.25) is 5.91 Å². The van der Waals surface area contributed by atoms with Gasteiger partial charge in [0.05, 0.1) is 13.1 Å². The third-order valence-electron chi connectivity index (χ3n) is 5.61. The fraction of sp³-hybridized carbons (Fsp3) is 0.400. The van der Waals surface area contributed by atoms with E-state index in [0.717, 1.165) is 0 Å². The molecule has 9 nitrogen and oxygen atoms in total. The second-order valence-electron chi connectivity index (χ2n) is 7.43. The summed E-state index contributed by atoms with van der Waals surface area (Å²) in [5, 5.41) is 4.15. The van der Waals surface area contributed by atoms with Crippen molar-refractivity contribution < 1.29 is 18.7 Å². The van der Waals surface area contributed by atoms with Crippen LogP contribution in [0.5, 0.6) is 0 Å². The highest BCUT2D eigenvalue weighted by Crippen LogP contribution is 2.32. The smallest absolute Gasteiger partial charge is 0.407 e. The first-order valence-electron chi connectivity index (χ1n) is 9.71. The predicted molar refractivity (Wildman–Crippen MR) is 106 cm³/mol. The molecule has 0 aliphatic carbocycles. The van der Waals surface area contributed by atoms with Crippen molar-refractivity contribution in [3.63, 3.8) is 0 Å². The van der Waals surface area contributed by atoms with Gasteiger partial charge in [0.25, 0.3) is 0 Å². The molecule has 0 spiro atoms. The highest BCUT2D eigenvalue weighted by atomic mass is 19.1. The average molecular weight is 414 g/mol. The SMILES string of the molecule is CC(C(=O)NN1CCN(c2ccncn2)C(F)C1)(c1ccccc1)C1CNC(=O)O1. The molecule has 158 valence electrons. The maximum Gasteiger partial charge on any atom is 0.407 e. The highest BCUT2D eigenvalue weighted by Gasteiger charge is 2.48. The van der Waals surface area contributed by atoms with Crippen molar-refractivity contribution in [2.24, 2.45) is 0 Å². The maximum absolute atomic E-state index is 14.8. The first-order chi connectivity index (χ1) is 14.5. The Morgan fingerprint density at radius 1 is 1.30 bits per heavy atom. The fourth-order valence-electron chi connectivity index (χ4n) is 3.77. The molecule has 2 N–H and O–H groups in total. The number of benzene rings is 1. The van der Waals surface area contributed by atoms with Crippen molar-refractivity contribution in [1.82, 2.24) is 25.7 Å². The summed E-state index contributed by atoms with van der Waals surface area (Å²) in [6.45, 7) is 2.67. The van der Waals surface area contributed by atoms with Crippen LogP contribution >= 0.6 is 0 Å². The van der Waals surface area contributed by atoms with Crippen LogP contribution in [0.1, 0.15) is 12.5 Å². The molecule has 2 aliphatic rings. The van der Waals surface area contributed by atoms with Crippen molar-refractivity contribution in [3.8, 4) is 0 Å². The number of rotatable bonds is 5. The van der Waals surface area contributed by atoms with E-state index in [-0.39, 0.29) is 19.0 Å². The van der Waals surface area contributed by atoms with Crippen LogP contribution in [0.25, 0.3) is 0 Å². The van der Waals surface area contributed by atoms with Crippen molar-refractivity contribution in [1.29, 1.82) is 0 Å². The molecule has 0 bridgehead atoms. The Balaban J connectivity index is 1.49. The molecule has 2 amide bonds. The molecule has 2 aromatic rings. The minimum atomic E-state index is -1.34. The molecule has 3 heterocycles. The number of ether oxygens (including phenoxy) is 1. The third-order valence-corrected chi connectivity index (χ3v) is 5.61. The van der Waals surface area contributed by atoms with Crippen LogP contribution in [0.15, 0.2) is 48.9 Å². The number of anilines is 1. The first kappa shape index (κ1) is 20.0. The fourth-order valence-corrected chi connectivity index (χ4v) is 3.77. The van der Waals surface area contributed by atoms with Crippen LogP contribution in [0.4, 0.5) is 15.0 Å². The van der Waals surface area contributed by atoms with E-state index in [2.05, 4.69) is 20.7 Å². The zero-order chi connectivity index (χ0) is 21.1. The van der Waals surface area contributed by atoms with Crippen LogP contribution in [0, 0.1) is 0 Å². The van der Waals surface area contributed by atoms with E-state index >= 15 is 0 Å². The van der Waals surface area contributed by atoms with Gasteiger partial charge >= 0.3 is 6.09 Å². The molecule has 2 fully saturated rings. The summed E-state index contributed by atoms with van der Waals surface area (Å²) in [5.74, 6) is 0.138. The number of halogens is 1. The molecule has 2 saturated heterocycles. The van der Waals surface area contributed by atoms with Gasteiger partial charge in [-0.25, -0.2) is 24.2 Å². The minimum absolute atomic E-state index is 0.0245. The molecule has 4 rings (SSSR count). The van der Waals surface area contributed by atoms with Crippen molar-refractivity contribution >= 4 is 17.8 Å². The molecular formula is C20H23FN6O3. The van der Waals surface area contributed by atoms with Gasteiger partial charge in [0.1, 0.15) is 23.7 Å². The van der Waals surface area contributed by atoms with Crippen LogP contribution in [0.2, 0.25) is 0 Å². The van der Waals surface area contributed by atoms with Crippen LogP contribution < -0.4 is 15.6 Å². The Hall–Kier alpha value is -3.27. The number of hydrogen-bond acceptors (Lipinski definition) is 7. The molecule has 3 atom stereocenters. The van der Waals surface area contributed by atoms with Crippen molar-refractivity contribution in [2.45, 2.75) is 24.7 Å². The number of carbonyl (C=O) groups excluding carboxylic acids is 2. The van der Waals surface area contributed by atoms with Gasteiger partial charge < -0.3 is 15.0 Å². The number of hydrogen-bond donors (Lipinski definition) is 2. The number of cyclic esters (lactones) is 1. The number of nitrogens with zero attached hydrogens (tertiary/aromatic N) is 4. The lowest BCUT2D eigenvalue weighted by Gasteiger charge is -2.40. The summed E-state index contributed by atoms with van der Waals surface area (Å²) in [4.78, 5) is 34.4. The standard InChI is InChI=1S/C20H23FN6O3/c1-20(14-5-3-2-4-6-14,15-11-23-19(29)30-15)18(28)25-26-9-10-27(16(21)12-26)17-7-8-22-13-24-17/h2-8,13,15-16H,9-12H2,1H3,(H,23,29)(H,25,28). The zero-order valence-corrected chi connectivity index (χ0v) is 16.5. The largest absolute Gasteiger partial charge is 0.443 e. The molecule has 1 aromatic carbocycles. The molecule has 30 heavy (non-hydrogen) atoms. The highest BCUT2D eigenvalue weighted by molar-refractivity contribution is 5.89. The number of alkyl halides is 1. The van der Waals surface area contributed by atoms with E-state index in [4.69, 9.17) is 4.74 Å². The summed E-state index contributed by atoms with van der Waals surface area (Å²) in [6, 6.07) is 10.8. The average Bonchev–Trinajstić information content (AvgIpc) is 3.21. The van der Waals surface area contributed by atoms with E-state index in [1.807, 2.05) is 30.3 Å². The Morgan fingerprint density at radius 3 is 2.73 bits per heavy atom. The number of carbonyl (C=O) groups is 2. The Morgan fingerprint density at radius 2 is 2.10 bits per heavy atom. The van der Waals surface area contributed by atoms with Gasteiger partial charge in [0.15, 0.2) is 6.30 Å². The molecule has 0 radical (unpaired) electrons. The normalized spacial score (nSPS) is 23.9. The molecule has 0 saturated carbocycles. The van der Waals surface area contributed by atoms with E-state index < -0.39 is 23.9 Å². The Bertz CT molecular complexity index is 902. The summed E-state index contributed by atoms with van der Waals surface area (Å²) in [6.07, 6.45) is 0.347. The maximum atomic E-state index is 14.8.